The van der Waals surface area contributed by atoms with Crippen molar-refractivity contribution >= 4 is 11.6 Å². The molecule has 1 aromatic rings. The lowest BCUT2D eigenvalue weighted by Gasteiger charge is -2.33. The quantitative estimate of drug-likeness (QED) is 0.847. The van der Waals surface area contributed by atoms with Crippen LogP contribution in [-0.2, 0) is 6.42 Å². The van der Waals surface area contributed by atoms with E-state index in [4.69, 9.17) is 5.11 Å². The summed E-state index contributed by atoms with van der Waals surface area (Å²) in [6.45, 7) is 4.39. The zero-order valence-electron chi connectivity index (χ0n) is 11.9. The van der Waals surface area contributed by atoms with Gasteiger partial charge >= 0.3 is 0 Å². The molecule has 1 aromatic heterocycles. The molecule has 0 bridgehead atoms. The predicted octanol–water partition coefficient (Wildman–Crippen LogP) is 1.68. The number of rotatable bonds is 5. The van der Waals surface area contributed by atoms with Crippen molar-refractivity contribution < 1.29 is 5.11 Å². The monoisotopic (exact) mass is 264 g/mol. The Balaban J connectivity index is 2.15. The van der Waals surface area contributed by atoms with Gasteiger partial charge in [-0.25, -0.2) is 9.97 Å². The van der Waals surface area contributed by atoms with Crippen molar-refractivity contribution in [3.8, 4) is 0 Å². The summed E-state index contributed by atoms with van der Waals surface area (Å²) in [4.78, 5) is 11.4. The lowest BCUT2D eigenvalue weighted by Crippen LogP contribution is -2.36. The van der Waals surface area contributed by atoms with E-state index in [9.17, 15) is 0 Å². The number of aliphatic hydroxyl groups is 1. The van der Waals surface area contributed by atoms with E-state index in [0.717, 1.165) is 43.4 Å². The number of aliphatic hydroxyl groups excluding tert-OH is 1. The number of anilines is 2. The summed E-state index contributed by atoms with van der Waals surface area (Å²) in [7, 11) is 1.89. The van der Waals surface area contributed by atoms with Crippen LogP contribution in [0.3, 0.4) is 0 Å². The Kier molecular flexibility index (Phi) is 4.96. The molecule has 2 heterocycles. The first-order valence-electron chi connectivity index (χ1n) is 7.18. The first-order valence-corrected chi connectivity index (χ1v) is 7.18. The first kappa shape index (κ1) is 14.1. The van der Waals surface area contributed by atoms with Crippen molar-refractivity contribution in [1.29, 1.82) is 0 Å². The number of aryl methyl sites for hydroxylation is 1. The second-order valence-electron chi connectivity index (χ2n) is 5.10. The van der Waals surface area contributed by atoms with Gasteiger partial charge in [0.05, 0.1) is 0 Å². The molecule has 1 atom stereocenters. The van der Waals surface area contributed by atoms with Crippen LogP contribution < -0.4 is 10.2 Å². The maximum Gasteiger partial charge on any atom is 0.134 e. The van der Waals surface area contributed by atoms with Gasteiger partial charge in [0.25, 0.3) is 0 Å². The van der Waals surface area contributed by atoms with Crippen LogP contribution in [0.1, 0.15) is 32.0 Å². The smallest absolute Gasteiger partial charge is 0.134 e. The number of nitrogens with one attached hydrogen (secondary N) is 1. The van der Waals surface area contributed by atoms with Crippen molar-refractivity contribution in [3.63, 3.8) is 0 Å². The van der Waals surface area contributed by atoms with E-state index in [-0.39, 0.29) is 6.61 Å². The Labute approximate surface area is 115 Å². The summed E-state index contributed by atoms with van der Waals surface area (Å²) in [6, 6.07) is 2.01. The molecule has 106 valence electrons. The molecule has 5 nitrogen and oxygen atoms in total. The van der Waals surface area contributed by atoms with Crippen LogP contribution >= 0.6 is 0 Å². The van der Waals surface area contributed by atoms with E-state index in [0.29, 0.717) is 5.92 Å². The Bertz CT molecular complexity index is 386. The fraction of sp³-hybridized carbons (Fsp3) is 0.714. The SMILES string of the molecule is CCc1nc(NC)cc(N2CCCC(CCO)C2)n1. The predicted molar refractivity (Wildman–Crippen MR) is 77.6 cm³/mol. The van der Waals surface area contributed by atoms with Crippen LogP contribution in [0, 0.1) is 5.92 Å². The van der Waals surface area contributed by atoms with Crippen molar-refractivity contribution in [3.05, 3.63) is 11.9 Å². The molecular weight excluding hydrogens is 240 g/mol. The fourth-order valence-corrected chi connectivity index (χ4v) is 2.62. The van der Waals surface area contributed by atoms with Crippen LogP contribution in [0.4, 0.5) is 11.6 Å². The van der Waals surface area contributed by atoms with Gasteiger partial charge < -0.3 is 15.3 Å². The van der Waals surface area contributed by atoms with E-state index in [1.54, 1.807) is 0 Å². The van der Waals surface area contributed by atoms with Gasteiger partial charge in [0.2, 0.25) is 0 Å². The molecule has 2 rings (SSSR count). The fourth-order valence-electron chi connectivity index (χ4n) is 2.62. The standard InChI is InChI=1S/C14H24N4O/c1-3-12-16-13(15-2)9-14(17-12)18-7-4-5-11(10-18)6-8-19/h9,11,19H,3-8,10H2,1-2H3,(H,15,16,17). The molecule has 1 aliphatic rings. The highest BCUT2D eigenvalue weighted by Gasteiger charge is 2.21. The Morgan fingerprint density at radius 3 is 3.00 bits per heavy atom. The lowest BCUT2D eigenvalue weighted by atomic mass is 9.95. The molecule has 1 aliphatic heterocycles. The van der Waals surface area contributed by atoms with Gasteiger partial charge in [-0.1, -0.05) is 6.92 Å². The highest BCUT2D eigenvalue weighted by molar-refractivity contribution is 5.49. The van der Waals surface area contributed by atoms with E-state index in [1.165, 1.54) is 12.8 Å². The van der Waals surface area contributed by atoms with Crippen molar-refractivity contribution in [2.45, 2.75) is 32.6 Å². The molecule has 5 heteroatoms. The van der Waals surface area contributed by atoms with Gasteiger partial charge in [-0.05, 0) is 25.2 Å². The number of hydrogen-bond donors (Lipinski definition) is 2. The molecule has 0 spiro atoms. The highest BCUT2D eigenvalue weighted by Crippen LogP contribution is 2.25. The van der Waals surface area contributed by atoms with Gasteiger partial charge in [-0.2, -0.15) is 0 Å². The second-order valence-corrected chi connectivity index (χ2v) is 5.10. The Hall–Kier alpha value is -1.36. The Morgan fingerprint density at radius 1 is 1.47 bits per heavy atom. The number of aromatic nitrogens is 2. The van der Waals surface area contributed by atoms with E-state index in [1.807, 2.05) is 13.1 Å². The molecule has 19 heavy (non-hydrogen) atoms. The second kappa shape index (κ2) is 6.70. The van der Waals surface area contributed by atoms with E-state index in [2.05, 4.69) is 27.1 Å². The van der Waals surface area contributed by atoms with Crippen LogP contribution in [0.5, 0.6) is 0 Å². The summed E-state index contributed by atoms with van der Waals surface area (Å²) in [5.41, 5.74) is 0. The third-order valence-electron chi connectivity index (χ3n) is 3.71. The zero-order chi connectivity index (χ0) is 13.7. The maximum atomic E-state index is 9.09. The molecule has 0 saturated carbocycles. The molecule has 0 aromatic carbocycles. The minimum Gasteiger partial charge on any atom is -0.396 e. The van der Waals surface area contributed by atoms with E-state index < -0.39 is 0 Å². The average Bonchev–Trinajstić information content (AvgIpc) is 2.47. The minimum atomic E-state index is 0.282. The molecule has 0 aliphatic carbocycles. The third kappa shape index (κ3) is 3.56. The number of hydrogen-bond acceptors (Lipinski definition) is 5. The van der Waals surface area contributed by atoms with Crippen molar-refractivity contribution in [2.75, 3.05) is 37.0 Å². The summed E-state index contributed by atoms with van der Waals surface area (Å²) in [6.07, 6.45) is 4.12. The maximum absolute atomic E-state index is 9.09. The van der Waals surface area contributed by atoms with Gasteiger partial charge in [-0.3, -0.25) is 0 Å². The number of piperidine rings is 1. The van der Waals surface area contributed by atoms with Crippen molar-refractivity contribution in [2.24, 2.45) is 5.92 Å². The average molecular weight is 264 g/mol. The van der Waals surface area contributed by atoms with Crippen LogP contribution in [0.2, 0.25) is 0 Å². The Morgan fingerprint density at radius 2 is 2.32 bits per heavy atom. The van der Waals surface area contributed by atoms with Gasteiger partial charge in [0, 0.05) is 39.2 Å². The number of nitrogens with zero attached hydrogens (tertiary/aromatic N) is 3. The molecule has 1 fully saturated rings. The molecule has 1 unspecified atom stereocenters. The summed E-state index contributed by atoms with van der Waals surface area (Å²) in [5.74, 6) is 3.35. The molecular formula is C14H24N4O. The summed E-state index contributed by atoms with van der Waals surface area (Å²) >= 11 is 0. The third-order valence-corrected chi connectivity index (χ3v) is 3.71. The van der Waals surface area contributed by atoms with Gasteiger partial charge in [0.15, 0.2) is 0 Å². The largest absolute Gasteiger partial charge is 0.396 e. The normalized spacial score (nSPS) is 19.5. The zero-order valence-corrected chi connectivity index (χ0v) is 11.9. The van der Waals surface area contributed by atoms with Gasteiger partial charge in [0.1, 0.15) is 17.5 Å². The van der Waals surface area contributed by atoms with Crippen LogP contribution in [-0.4, -0.2) is 41.8 Å². The first-order chi connectivity index (χ1) is 9.26. The summed E-state index contributed by atoms with van der Waals surface area (Å²) in [5, 5.41) is 12.2. The lowest BCUT2D eigenvalue weighted by molar-refractivity contribution is 0.244. The van der Waals surface area contributed by atoms with Crippen LogP contribution in [0.15, 0.2) is 6.07 Å². The molecule has 0 radical (unpaired) electrons. The van der Waals surface area contributed by atoms with Gasteiger partial charge in [-0.15, -0.1) is 0 Å². The molecule has 2 N–H and O–H groups in total. The summed E-state index contributed by atoms with van der Waals surface area (Å²) < 4.78 is 0. The van der Waals surface area contributed by atoms with Crippen molar-refractivity contribution in [1.82, 2.24) is 9.97 Å². The topological polar surface area (TPSA) is 61.3 Å². The van der Waals surface area contributed by atoms with E-state index >= 15 is 0 Å². The highest BCUT2D eigenvalue weighted by atomic mass is 16.3. The molecule has 1 saturated heterocycles. The molecule has 0 amide bonds. The van der Waals surface area contributed by atoms with Crippen LogP contribution in [0.25, 0.3) is 0 Å². The minimum absolute atomic E-state index is 0.282.